The van der Waals surface area contributed by atoms with Crippen molar-refractivity contribution in [1.29, 1.82) is 0 Å². The first-order valence-electron chi connectivity index (χ1n) is 10.6. The second kappa shape index (κ2) is 10.4. The van der Waals surface area contributed by atoms with E-state index < -0.39 is 5.37 Å². The Bertz CT molecular complexity index is 1420. The summed E-state index contributed by atoms with van der Waals surface area (Å²) < 4.78 is 0.981. The van der Waals surface area contributed by atoms with E-state index in [1.165, 1.54) is 28.1 Å². The number of hydrogen-bond acceptors (Lipinski definition) is 6. The van der Waals surface area contributed by atoms with Gasteiger partial charge in [0, 0.05) is 15.6 Å². The van der Waals surface area contributed by atoms with Crippen molar-refractivity contribution in [3.63, 3.8) is 0 Å². The molecular formula is C25H18Cl2N4O2S2. The minimum absolute atomic E-state index is 0.122. The molecule has 10 heteroatoms. The van der Waals surface area contributed by atoms with Crippen molar-refractivity contribution in [2.24, 2.45) is 0 Å². The summed E-state index contributed by atoms with van der Waals surface area (Å²) in [4.78, 5) is 30.9. The molecular weight excluding hydrogens is 523 g/mol. The summed E-state index contributed by atoms with van der Waals surface area (Å²) in [5, 5.41) is 5.35. The van der Waals surface area contributed by atoms with Crippen molar-refractivity contribution in [2.45, 2.75) is 5.37 Å². The normalized spacial score (nSPS) is 16.9. The molecule has 0 spiro atoms. The summed E-state index contributed by atoms with van der Waals surface area (Å²) in [6.45, 7) is -0.122. The first-order valence-corrected chi connectivity index (χ1v) is 13.0. The molecule has 0 bridgehead atoms. The molecule has 1 aromatic heterocycles. The van der Waals surface area contributed by atoms with Gasteiger partial charge in [-0.1, -0.05) is 94.8 Å². The minimum atomic E-state index is -0.458. The van der Waals surface area contributed by atoms with Crippen molar-refractivity contribution in [2.75, 3.05) is 11.9 Å². The number of nitrogens with zero attached hydrogens (tertiary/aromatic N) is 2. The molecule has 1 fully saturated rings. The van der Waals surface area contributed by atoms with E-state index in [0.717, 1.165) is 21.3 Å². The lowest BCUT2D eigenvalue weighted by molar-refractivity contribution is -0.130. The van der Waals surface area contributed by atoms with Gasteiger partial charge in [0.1, 0.15) is 5.37 Å². The number of thioether (sulfide) groups is 1. The van der Waals surface area contributed by atoms with E-state index in [-0.39, 0.29) is 18.4 Å². The molecule has 2 N–H and O–H groups in total. The number of amides is 2. The van der Waals surface area contributed by atoms with Crippen LogP contribution in [0.1, 0.15) is 16.5 Å². The topological polar surface area (TPSA) is 74.3 Å². The molecule has 1 unspecified atom stereocenters. The van der Waals surface area contributed by atoms with E-state index in [1.807, 2.05) is 60.7 Å². The third-order valence-electron chi connectivity index (χ3n) is 5.22. The lowest BCUT2D eigenvalue weighted by Crippen LogP contribution is -2.44. The maximum atomic E-state index is 13.4. The van der Waals surface area contributed by atoms with E-state index in [4.69, 9.17) is 23.2 Å². The van der Waals surface area contributed by atoms with E-state index in [0.29, 0.717) is 20.1 Å². The van der Waals surface area contributed by atoms with Gasteiger partial charge in [0.15, 0.2) is 5.13 Å². The first kappa shape index (κ1) is 23.8. The van der Waals surface area contributed by atoms with Gasteiger partial charge in [0.25, 0.3) is 5.91 Å². The lowest BCUT2D eigenvalue weighted by Gasteiger charge is -2.24. The number of nitrogens with one attached hydrogen (secondary N) is 2. The highest BCUT2D eigenvalue weighted by Gasteiger charge is 2.38. The van der Waals surface area contributed by atoms with Crippen LogP contribution in [0, 0.1) is 0 Å². The predicted octanol–water partition coefficient (Wildman–Crippen LogP) is 6.36. The summed E-state index contributed by atoms with van der Waals surface area (Å²) in [7, 11) is 0. The number of para-hydroxylation sites is 1. The van der Waals surface area contributed by atoms with Crippen LogP contribution in [0.15, 0.2) is 77.7 Å². The summed E-state index contributed by atoms with van der Waals surface area (Å²) in [5.41, 5.74) is 5.30. The molecule has 1 saturated heterocycles. The van der Waals surface area contributed by atoms with E-state index >= 15 is 0 Å². The van der Waals surface area contributed by atoms with Gasteiger partial charge >= 0.3 is 0 Å². The van der Waals surface area contributed by atoms with Crippen LogP contribution in [-0.4, -0.2) is 28.4 Å². The Morgan fingerprint density at radius 1 is 1.00 bits per heavy atom. The number of halogens is 2. The van der Waals surface area contributed by atoms with Crippen molar-refractivity contribution < 1.29 is 9.59 Å². The van der Waals surface area contributed by atoms with Crippen LogP contribution in [0.2, 0.25) is 10.0 Å². The number of aromatic nitrogens is 1. The quantitative estimate of drug-likeness (QED) is 0.278. The van der Waals surface area contributed by atoms with Crippen LogP contribution in [0.4, 0.5) is 5.13 Å². The van der Waals surface area contributed by atoms with Crippen LogP contribution in [0.3, 0.4) is 0 Å². The van der Waals surface area contributed by atoms with Gasteiger partial charge in [-0.3, -0.25) is 14.6 Å². The highest BCUT2D eigenvalue weighted by Crippen LogP contribution is 2.47. The fraction of sp³-hybridized carbons (Fsp3) is 0.0800. The van der Waals surface area contributed by atoms with Gasteiger partial charge in [-0.25, -0.2) is 10.4 Å². The third-order valence-corrected chi connectivity index (χ3v) is 8.09. The summed E-state index contributed by atoms with van der Waals surface area (Å²) in [6.07, 6.45) is 1.75. The number of anilines is 1. The fourth-order valence-corrected chi connectivity index (χ4v) is 6.18. The molecule has 1 atom stereocenters. The third kappa shape index (κ3) is 5.22. The Kier molecular flexibility index (Phi) is 7.08. The van der Waals surface area contributed by atoms with Crippen LogP contribution in [0.5, 0.6) is 0 Å². The molecule has 176 valence electrons. The maximum absolute atomic E-state index is 13.4. The number of thiazole rings is 1. The summed E-state index contributed by atoms with van der Waals surface area (Å²) in [5.74, 6) is -0.587. The largest absolute Gasteiger partial charge is 0.301 e. The molecule has 2 amide bonds. The molecule has 3 aromatic carbocycles. The van der Waals surface area contributed by atoms with Gasteiger partial charge in [0.2, 0.25) is 5.91 Å². The van der Waals surface area contributed by atoms with Crippen molar-refractivity contribution in [3.8, 4) is 0 Å². The smallest absolute Gasteiger partial charge is 0.275 e. The number of carbonyl (C=O) groups excluding carboxylic acids is 2. The molecule has 0 saturated carbocycles. The summed E-state index contributed by atoms with van der Waals surface area (Å²) >= 11 is 15.5. The van der Waals surface area contributed by atoms with E-state index in [1.54, 1.807) is 18.2 Å². The van der Waals surface area contributed by atoms with Crippen molar-refractivity contribution in [3.05, 3.63) is 98.9 Å². The molecule has 35 heavy (non-hydrogen) atoms. The number of rotatable bonds is 6. The SMILES string of the molecule is O=C(CNN1C(=O)/C(=C/c2ccccc2Cl)SC1c1ccccc1Cl)Nc1nc2ccccc2s1. The number of hydrazine groups is 1. The molecule has 0 aliphatic carbocycles. The Morgan fingerprint density at radius 2 is 1.71 bits per heavy atom. The van der Waals surface area contributed by atoms with Gasteiger partial charge in [0.05, 0.1) is 21.7 Å². The molecule has 1 aliphatic heterocycles. The van der Waals surface area contributed by atoms with E-state index in [9.17, 15) is 9.59 Å². The van der Waals surface area contributed by atoms with E-state index in [2.05, 4.69) is 15.7 Å². The molecule has 5 rings (SSSR count). The second-order valence-corrected chi connectivity index (χ2v) is 10.5. The first-order chi connectivity index (χ1) is 17.0. The highest BCUT2D eigenvalue weighted by molar-refractivity contribution is 8.04. The predicted molar refractivity (Wildman–Crippen MR) is 144 cm³/mol. The number of hydrogen-bond donors (Lipinski definition) is 2. The zero-order valence-electron chi connectivity index (χ0n) is 18.1. The number of fused-ring (bicyclic) bond motifs is 1. The maximum Gasteiger partial charge on any atom is 0.275 e. The molecule has 1 aliphatic rings. The summed E-state index contributed by atoms with van der Waals surface area (Å²) in [6, 6.07) is 22.3. The zero-order chi connectivity index (χ0) is 24.4. The van der Waals surface area contributed by atoms with Crippen LogP contribution >= 0.6 is 46.3 Å². The standard InChI is InChI=1S/C25H18Cl2N4O2S2/c26-17-9-3-1-7-15(17)13-21-23(33)31(24(34-21)16-8-2-4-10-18(16)27)28-14-22(32)30-25-29-19-11-5-6-12-20(19)35-25/h1-13,24,28H,14H2,(H,29,30,32)/b21-13-. The van der Waals surface area contributed by atoms with Crippen molar-refractivity contribution in [1.82, 2.24) is 15.4 Å². The Hall–Kier alpha value is -2.88. The molecule has 6 nitrogen and oxygen atoms in total. The number of carbonyl (C=O) groups is 2. The van der Waals surface area contributed by atoms with Crippen molar-refractivity contribution >= 4 is 79.5 Å². The van der Waals surface area contributed by atoms with Crippen LogP contribution in [-0.2, 0) is 9.59 Å². The average Bonchev–Trinajstić information content (AvgIpc) is 3.39. The molecule has 2 heterocycles. The monoisotopic (exact) mass is 540 g/mol. The average molecular weight is 541 g/mol. The Balaban J connectivity index is 1.36. The van der Waals surface area contributed by atoms with Gasteiger partial charge in [-0.15, -0.1) is 0 Å². The Labute approximate surface area is 219 Å². The fourth-order valence-electron chi connectivity index (χ4n) is 3.56. The number of benzene rings is 3. The molecule has 0 radical (unpaired) electrons. The molecule has 4 aromatic rings. The Morgan fingerprint density at radius 3 is 2.49 bits per heavy atom. The highest BCUT2D eigenvalue weighted by atomic mass is 35.5. The van der Waals surface area contributed by atoms with Gasteiger partial charge in [-0.05, 0) is 35.9 Å². The zero-order valence-corrected chi connectivity index (χ0v) is 21.2. The van der Waals surface area contributed by atoms with Crippen LogP contribution < -0.4 is 10.7 Å². The minimum Gasteiger partial charge on any atom is -0.301 e. The van der Waals surface area contributed by atoms with Gasteiger partial charge < -0.3 is 5.32 Å². The lowest BCUT2D eigenvalue weighted by atomic mass is 10.2. The van der Waals surface area contributed by atoms with Gasteiger partial charge in [-0.2, -0.15) is 0 Å². The second-order valence-electron chi connectivity index (χ2n) is 7.57. The van der Waals surface area contributed by atoms with Crippen LogP contribution in [0.25, 0.3) is 16.3 Å².